The van der Waals surface area contributed by atoms with Crippen LogP contribution < -0.4 is 5.32 Å². The van der Waals surface area contributed by atoms with Gasteiger partial charge in [-0.25, -0.2) is 0 Å². The molecule has 0 radical (unpaired) electrons. The molecule has 1 aromatic heterocycles. The first-order chi connectivity index (χ1) is 5.38. The third-order valence-electron chi connectivity index (χ3n) is 1.75. The Hall–Kier alpha value is -1.38. The summed E-state index contributed by atoms with van der Waals surface area (Å²) < 4.78 is 0. The quantitative estimate of drug-likeness (QED) is 0.597. The Morgan fingerprint density at radius 2 is 2.18 bits per heavy atom. The lowest BCUT2D eigenvalue weighted by Crippen LogP contribution is -2.18. The van der Waals surface area contributed by atoms with Gasteiger partial charge in [-0.1, -0.05) is 0 Å². The van der Waals surface area contributed by atoms with E-state index in [0.29, 0.717) is 0 Å². The molecule has 0 amide bonds. The third kappa shape index (κ3) is 0.981. The molecule has 0 aliphatic carbocycles. The molecule has 0 fully saturated rings. The van der Waals surface area contributed by atoms with Crippen LogP contribution in [0.3, 0.4) is 0 Å². The van der Waals surface area contributed by atoms with E-state index in [1.54, 1.807) is 12.4 Å². The minimum atomic E-state index is 0.281. The maximum Gasteiger partial charge on any atom is 0.0880 e. The molecule has 1 atom stereocenters. The molecule has 1 aliphatic heterocycles. The van der Waals surface area contributed by atoms with Gasteiger partial charge in [0.1, 0.15) is 0 Å². The minimum absolute atomic E-state index is 0.281. The molecule has 2 heterocycles. The Balaban J connectivity index is 2.54. The summed E-state index contributed by atoms with van der Waals surface area (Å²) in [5.41, 5.74) is 1.99. The first kappa shape index (κ1) is 6.34. The van der Waals surface area contributed by atoms with Crippen molar-refractivity contribution >= 4 is 6.08 Å². The zero-order valence-electron chi connectivity index (χ0n) is 6.28. The van der Waals surface area contributed by atoms with Crippen LogP contribution in [0.15, 0.2) is 18.6 Å². The lowest BCUT2D eigenvalue weighted by molar-refractivity contribution is 0.649. The monoisotopic (exact) mass is 147 g/mol. The molecule has 0 saturated carbocycles. The van der Waals surface area contributed by atoms with Crippen molar-refractivity contribution in [2.75, 3.05) is 0 Å². The van der Waals surface area contributed by atoms with Crippen LogP contribution in [0.25, 0.3) is 6.08 Å². The number of hydrogen-bond acceptors (Lipinski definition) is 3. The third-order valence-corrected chi connectivity index (χ3v) is 1.75. The van der Waals surface area contributed by atoms with Crippen molar-refractivity contribution in [1.82, 2.24) is 15.3 Å². The van der Waals surface area contributed by atoms with Crippen LogP contribution in [0.4, 0.5) is 0 Å². The molecule has 1 N–H and O–H groups in total. The van der Waals surface area contributed by atoms with Crippen LogP contribution in [0.1, 0.15) is 24.4 Å². The highest BCUT2D eigenvalue weighted by molar-refractivity contribution is 5.49. The summed E-state index contributed by atoms with van der Waals surface area (Å²) in [6.45, 7) is 2.07. The van der Waals surface area contributed by atoms with Crippen molar-refractivity contribution in [3.63, 3.8) is 0 Å². The molecular weight excluding hydrogens is 138 g/mol. The van der Waals surface area contributed by atoms with Gasteiger partial charge in [-0.15, -0.1) is 0 Å². The molecule has 3 nitrogen and oxygen atoms in total. The van der Waals surface area contributed by atoms with E-state index in [2.05, 4.69) is 22.2 Å². The van der Waals surface area contributed by atoms with Crippen molar-refractivity contribution in [3.8, 4) is 0 Å². The highest BCUT2D eigenvalue weighted by Crippen LogP contribution is 2.17. The second-order valence-corrected chi connectivity index (χ2v) is 2.55. The zero-order valence-corrected chi connectivity index (χ0v) is 6.28. The van der Waals surface area contributed by atoms with Gasteiger partial charge < -0.3 is 5.32 Å². The molecule has 3 heteroatoms. The number of fused-ring (bicyclic) bond motifs is 1. The Morgan fingerprint density at radius 1 is 1.36 bits per heavy atom. The fourth-order valence-corrected chi connectivity index (χ4v) is 1.17. The van der Waals surface area contributed by atoms with E-state index in [0.717, 1.165) is 11.4 Å². The van der Waals surface area contributed by atoms with Gasteiger partial charge in [0.05, 0.1) is 17.4 Å². The first-order valence-corrected chi connectivity index (χ1v) is 3.61. The highest BCUT2D eigenvalue weighted by Gasteiger charge is 2.12. The van der Waals surface area contributed by atoms with Crippen LogP contribution in [-0.2, 0) is 0 Å². The Labute approximate surface area is 65.2 Å². The van der Waals surface area contributed by atoms with Gasteiger partial charge in [0.15, 0.2) is 0 Å². The summed E-state index contributed by atoms with van der Waals surface area (Å²) in [6.07, 6.45) is 7.27. The maximum atomic E-state index is 4.22. The van der Waals surface area contributed by atoms with E-state index in [1.165, 1.54) is 0 Å². The molecule has 11 heavy (non-hydrogen) atoms. The van der Waals surface area contributed by atoms with E-state index in [-0.39, 0.29) is 6.04 Å². The van der Waals surface area contributed by atoms with Crippen LogP contribution >= 0.6 is 0 Å². The minimum Gasteiger partial charge on any atom is -0.383 e. The summed E-state index contributed by atoms with van der Waals surface area (Å²) in [6, 6.07) is 0.281. The van der Waals surface area contributed by atoms with Gasteiger partial charge in [-0.2, -0.15) is 0 Å². The van der Waals surface area contributed by atoms with Crippen molar-refractivity contribution in [2.45, 2.75) is 13.0 Å². The molecule has 0 spiro atoms. The number of nitrogens with one attached hydrogen (secondary N) is 1. The molecule has 56 valence electrons. The number of nitrogens with zero attached hydrogens (tertiary/aromatic N) is 2. The van der Waals surface area contributed by atoms with Crippen molar-refractivity contribution in [3.05, 3.63) is 30.0 Å². The summed E-state index contributed by atoms with van der Waals surface area (Å²) in [5.74, 6) is 0. The van der Waals surface area contributed by atoms with Gasteiger partial charge >= 0.3 is 0 Å². The summed E-state index contributed by atoms with van der Waals surface area (Å²) >= 11 is 0. The molecule has 0 aromatic carbocycles. The molecule has 1 aliphatic rings. The molecule has 0 bridgehead atoms. The van der Waals surface area contributed by atoms with Crippen LogP contribution in [0.5, 0.6) is 0 Å². The van der Waals surface area contributed by atoms with Gasteiger partial charge in [-0.05, 0) is 19.2 Å². The molecule has 0 saturated heterocycles. The van der Waals surface area contributed by atoms with Gasteiger partial charge in [-0.3, -0.25) is 9.97 Å². The van der Waals surface area contributed by atoms with E-state index in [4.69, 9.17) is 0 Å². The highest BCUT2D eigenvalue weighted by atomic mass is 14.9. The average Bonchev–Trinajstić information content (AvgIpc) is 2.06. The predicted molar refractivity (Wildman–Crippen MR) is 42.6 cm³/mol. The molecule has 2 rings (SSSR count). The van der Waals surface area contributed by atoms with Crippen molar-refractivity contribution in [2.24, 2.45) is 0 Å². The van der Waals surface area contributed by atoms with E-state index in [1.807, 2.05) is 12.3 Å². The SMILES string of the molecule is CC1NC=Cc2nccnc21. The van der Waals surface area contributed by atoms with Gasteiger partial charge in [0.25, 0.3) is 0 Å². The van der Waals surface area contributed by atoms with E-state index < -0.39 is 0 Å². The summed E-state index contributed by atoms with van der Waals surface area (Å²) in [5, 5.41) is 3.16. The van der Waals surface area contributed by atoms with Gasteiger partial charge in [0, 0.05) is 12.4 Å². The number of rotatable bonds is 0. The summed E-state index contributed by atoms with van der Waals surface area (Å²) in [7, 11) is 0. The molecular formula is C8H9N3. The van der Waals surface area contributed by atoms with E-state index in [9.17, 15) is 0 Å². The Kier molecular flexibility index (Phi) is 1.35. The second-order valence-electron chi connectivity index (χ2n) is 2.55. The number of hydrogen-bond donors (Lipinski definition) is 1. The van der Waals surface area contributed by atoms with Crippen LogP contribution in [-0.4, -0.2) is 9.97 Å². The van der Waals surface area contributed by atoms with Crippen molar-refractivity contribution in [1.29, 1.82) is 0 Å². The Bertz CT molecular complexity index is 293. The summed E-state index contributed by atoms with van der Waals surface area (Å²) in [4.78, 5) is 8.40. The molecule has 1 unspecified atom stereocenters. The van der Waals surface area contributed by atoms with E-state index >= 15 is 0 Å². The smallest absolute Gasteiger partial charge is 0.0880 e. The second kappa shape index (κ2) is 2.34. The molecule has 1 aromatic rings. The maximum absolute atomic E-state index is 4.22. The Morgan fingerprint density at radius 3 is 3.00 bits per heavy atom. The van der Waals surface area contributed by atoms with Crippen LogP contribution in [0, 0.1) is 0 Å². The lowest BCUT2D eigenvalue weighted by atomic mass is 10.1. The average molecular weight is 147 g/mol. The predicted octanol–water partition coefficient (Wildman–Crippen LogP) is 1.11. The lowest BCUT2D eigenvalue weighted by Gasteiger charge is -2.16. The number of aromatic nitrogens is 2. The van der Waals surface area contributed by atoms with Gasteiger partial charge in [0.2, 0.25) is 0 Å². The topological polar surface area (TPSA) is 37.8 Å². The van der Waals surface area contributed by atoms with Crippen LogP contribution in [0.2, 0.25) is 0 Å². The van der Waals surface area contributed by atoms with Crippen molar-refractivity contribution < 1.29 is 0 Å². The standard InChI is InChI=1S/C8H9N3/c1-6-8-7(2-3-9-6)10-4-5-11-8/h2-6,9H,1H3. The fraction of sp³-hybridized carbons (Fsp3) is 0.250. The zero-order chi connectivity index (χ0) is 7.68. The fourth-order valence-electron chi connectivity index (χ4n) is 1.17. The normalized spacial score (nSPS) is 20.6. The largest absolute Gasteiger partial charge is 0.383 e. The first-order valence-electron chi connectivity index (χ1n) is 3.61.